The fourth-order valence-corrected chi connectivity index (χ4v) is 3.73. The van der Waals surface area contributed by atoms with Crippen LogP contribution in [0.25, 0.3) is 0 Å². The molecule has 0 atom stereocenters. The molecular formula is C14H23N3O2S. The second-order valence-corrected chi connectivity index (χ2v) is 6.23. The Morgan fingerprint density at radius 2 is 2.15 bits per heavy atom. The van der Waals surface area contributed by atoms with E-state index in [1.165, 1.54) is 24.3 Å². The Morgan fingerprint density at radius 3 is 2.75 bits per heavy atom. The average Bonchev–Trinajstić information content (AvgIpc) is 2.77. The Bertz CT molecular complexity index is 467. The van der Waals surface area contributed by atoms with E-state index in [0.29, 0.717) is 18.3 Å². The molecule has 2 heterocycles. The first kappa shape index (κ1) is 15.2. The highest BCUT2D eigenvalue weighted by Gasteiger charge is 2.23. The number of nitrogens with zero attached hydrogens (tertiary/aromatic N) is 2. The molecule has 0 saturated carbocycles. The molecule has 1 aliphatic rings. The normalized spacial score (nSPS) is 16.3. The van der Waals surface area contributed by atoms with Crippen LogP contribution in [0.3, 0.4) is 0 Å². The summed E-state index contributed by atoms with van der Waals surface area (Å²) in [5.41, 5.74) is 6.39. The third-order valence-corrected chi connectivity index (χ3v) is 4.70. The number of aryl methyl sites for hydroxylation is 1. The SMILES string of the molecule is CCOC(=O)c1nc(CC)n(CC2CCSCC2)c1N. The Hall–Kier alpha value is -1.17. The fraction of sp³-hybridized carbons (Fsp3) is 0.714. The fourth-order valence-electron chi connectivity index (χ4n) is 2.52. The minimum Gasteiger partial charge on any atom is -0.461 e. The smallest absolute Gasteiger partial charge is 0.360 e. The second kappa shape index (κ2) is 7.02. The molecule has 6 heteroatoms. The van der Waals surface area contributed by atoms with Crippen LogP contribution in [0.2, 0.25) is 0 Å². The summed E-state index contributed by atoms with van der Waals surface area (Å²) in [5, 5.41) is 0. The molecule has 1 aromatic rings. The topological polar surface area (TPSA) is 70.1 Å². The molecule has 0 radical (unpaired) electrons. The largest absolute Gasteiger partial charge is 0.461 e. The number of rotatable bonds is 5. The lowest BCUT2D eigenvalue weighted by Gasteiger charge is -2.23. The molecule has 0 spiro atoms. The van der Waals surface area contributed by atoms with E-state index in [0.717, 1.165) is 18.8 Å². The van der Waals surface area contributed by atoms with Crippen molar-refractivity contribution in [2.45, 2.75) is 39.7 Å². The number of hydrogen-bond donors (Lipinski definition) is 1. The van der Waals surface area contributed by atoms with Crippen LogP contribution in [-0.2, 0) is 17.7 Å². The number of aromatic nitrogens is 2. The molecule has 1 aliphatic heterocycles. The summed E-state index contributed by atoms with van der Waals surface area (Å²) in [6.07, 6.45) is 3.19. The van der Waals surface area contributed by atoms with E-state index in [-0.39, 0.29) is 5.69 Å². The van der Waals surface area contributed by atoms with Crippen LogP contribution in [0, 0.1) is 5.92 Å². The standard InChI is InChI=1S/C14H23N3O2S/c1-3-11-16-12(14(18)19-4-2)13(15)17(11)9-10-5-7-20-8-6-10/h10H,3-9,15H2,1-2H3. The molecule has 1 saturated heterocycles. The van der Waals surface area contributed by atoms with Crippen LogP contribution < -0.4 is 5.73 Å². The summed E-state index contributed by atoms with van der Waals surface area (Å²) in [7, 11) is 0. The molecule has 0 aromatic carbocycles. The number of thioether (sulfide) groups is 1. The molecule has 112 valence electrons. The average molecular weight is 297 g/mol. The van der Waals surface area contributed by atoms with Gasteiger partial charge in [-0.2, -0.15) is 11.8 Å². The molecule has 0 bridgehead atoms. The zero-order valence-electron chi connectivity index (χ0n) is 12.2. The van der Waals surface area contributed by atoms with Gasteiger partial charge in [0.15, 0.2) is 5.69 Å². The van der Waals surface area contributed by atoms with Crippen molar-refractivity contribution in [3.05, 3.63) is 11.5 Å². The summed E-state index contributed by atoms with van der Waals surface area (Å²) in [5.74, 6) is 3.98. The van der Waals surface area contributed by atoms with E-state index in [4.69, 9.17) is 10.5 Å². The van der Waals surface area contributed by atoms with Crippen LogP contribution in [0.1, 0.15) is 43.0 Å². The van der Waals surface area contributed by atoms with Crippen molar-refractivity contribution in [2.24, 2.45) is 5.92 Å². The maximum atomic E-state index is 11.9. The van der Waals surface area contributed by atoms with Crippen molar-refractivity contribution < 1.29 is 9.53 Å². The monoisotopic (exact) mass is 297 g/mol. The van der Waals surface area contributed by atoms with E-state index in [1.807, 2.05) is 23.3 Å². The quantitative estimate of drug-likeness (QED) is 0.845. The van der Waals surface area contributed by atoms with Crippen LogP contribution in [-0.4, -0.2) is 33.6 Å². The number of esters is 1. The van der Waals surface area contributed by atoms with E-state index in [1.54, 1.807) is 6.92 Å². The highest BCUT2D eigenvalue weighted by Crippen LogP contribution is 2.26. The van der Waals surface area contributed by atoms with Gasteiger partial charge in [-0.15, -0.1) is 0 Å². The number of anilines is 1. The molecule has 2 N–H and O–H groups in total. The van der Waals surface area contributed by atoms with Gasteiger partial charge >= 0.3 is 5.97 Å². The molecule has 0 unspecified atom stereocenters. The first-order chi connectivity index (χ1) is 9.67. The number of hydrogen-bond acceptors (Lipinski definition) is 5. The van der Waals surface area contributed by atoms with Gasteiger partial charge in [-0.25, -0.2) is 9.78 Å². The van der Waals surface area contributed by atoms with Gasteiger partial charge in [0.05, 0.1) is 6.61 Å². The van der Waals surface area contributed by atoms with Crippen molar-refractivity contribution >= 4 is 23.5 Å². The summed E-state index contributed by atoms with van der Waals surface area (Å²) < 4.78 is 7.02. The van der Waals surface area contributed by atoms with Crippen molar-refractivity contribution in [2.75, 3.05) is 23.8 Å². The van der Waals surface area contributed by atoms with Gasteiger partial charge in [-0.1, -0.05) is 6.92 Å². The van der Waals surface area contributed by atoms with Crippen molar-refractivity contribution in [3.8, 4) is 0 Å². The molecule has 1 fully saturated rings. The van der Waals surface area contributed by atoms with Gasteiger partial charge < -0.3 is 15.0 Å². The third kappa shape index (κ3) is 3.29. The minimum absolute atomic E-state index is 0.272. The Labute approximate surface area is 124 Å². The minimum atomic E-state index is -0.419. The Morgan fingerprint density at radius 1 is 1.45 bits per heavy atom. The Balaban J connectivity index is 2.20. The first-order valence-electron chi connectivity index (χ1n) is 7.27. The van der Waals surface area contributed by atoms with Gasteiger partial charge in [0, 0.05) is 13.0 Å². The first-order valence-corrected chi connectivity index (χ1v) is 8.42. The number of carbonyl (C=O) groups excluding carboxylic acids is 1. The van der Waals surface area contributed by atoms with Crippen molar-refractivity contribution in [1.82, 2.24) is 9.55 Å². The molecular weight excluding hydrogens is 274 g/mol. The predicted octanol–water partition coefficient (Wildman–Crippen LogP) is 2.35. The summed E-state index contributed by atoms with van der Waals surface area (Å²) in [4.78, 5) is 16.2. The van der Waals surface area contributed by atoms with Gasteiger partial charge in [0.2, 0.25) is 0 Å². The second-order valence-electron chi connectivity index (χ2n) is 5.00. The maximum Gasteiger partial charge on any atom is 0.360 e. The lowest BCUT2D eigenvalue weighted by molar-refractivity contribution is 0.0521. The predicted molar refractivity (Wildman–Crippen MR) is 82.0 cm³/mol. The van der Waals surface area contributed by atoms with Gasteiger partial charge in [-0.3, -0.25) is 0 Å². The number of nitrogens with two attached hydrogens (primary N) is 1. The van der Waals surface area contributed by atoms with Crippen molar-refractivity contribution in [1.29, 1.82) is 0 Å². The molecule has 0 aliphatic carbocycles. The van der Waals surface area contributed by atoms with Crippen molar-refractivity contribution in [3.63, 3.8) is 0 Å². The molecule has 20 heavy (non-hydrogen) atoms. The number of imidazole rings is 1. The molecule has 2 rings (SSSR count). The summed E-state index contributed by atoms with van der Waals surface area (Å²) in [6, 6.07) is 0. The number of ether oxygens (including phenoxy) is 1. The maximum absolute atomic E-state index is 11.9. The Kier molecular flexibility index (Phi) is 5.34. The van der Waals surface area contributed by atoms with Crippen LogP contribution in [0.4, 0.5) is 5.82 Å². The van der Waals surface area contributed by atoms with Crippen LogP contribution in [0.15, 0.2) is 0 Å². The highest BCUT2D eigenvalue weighted by atomic mass is 32.2. The van der Waals surface area contributed by atoms with Gasteiger partial charge in [-0.05, 0) is 37.2 Å². The van der Waals surface area contributed by atoms with E-state index in [2.05, 4.69) is 4.98 Å². The highest BCUT2D eigenvalue weighted by molar-refractivity contribution is 7.99. The lowest BCUT2D eigenvalue weighted by Crippen LogP contribution is -2.19. The van der Waals surface area contributed by atoms with Gasteiger partial charge in [0.1, 0.15) is 11.6 Å². The summed E-state index contributed by atoms with van der Waals surface area (Å²) >= 11 is 2.01. The molecule has 5 nitrogen and oxygen atoms in total. The van der Waals surface area contributed by atoms with Crippen LogP contribution >= 0.6 is 11.8 Å². The van der Waals surface area contributed by atoms with E-state index < -0.39 is 5.97 Å². The number of nitrogen functional groups attached to an aromatic ring is 1. The zero-order valence-corrected chi connectivity index (χ0v) is 13.0. The summed E-state index contributed by atoms with van der Waals surface area (Å²) in [6.45, 7) is 5.02. The lowest BCUT2D eigenvalue weighted by atomic mass is 10.0. The van der Waals surface area contributed by atoms with Gasteiger partial charge in [0.25, 0.3) is 0 Å². The zero-order chi connectivity index (χ0) is 14.5. The van der Waals surface area contributed by atoms with E-state index in [9.17, 15) is 4.79 Å². The molecule has 1 aromatic heterocycles. The van der Waals surface area contributed by atoms with E-state index >= 15 is 0 Å². The third-order valence-electron chi connectivity index (χ3n) is 3.65. The molecule has 0 amide bonds. The van der Waals surface area contributed by atoms with Crippen LogP contribution in [0.5, 0.6) is 0 Å². The number of carbonyl (C=O) groups is 1.